The number of aliphatic carboxylic acids is 1. The minimum Gasteiger partial charge on any atom is -0.496 e. The number of carbonyl (C=O) groups is 1. The molecule has 0 aliphatic heterocycles. The highest BCUT2D eigenvalue weighted by Crippen LogP contribution is 2.33. The van der Waals surface area contributed by atoms with Crippen molar-refractivity contribution in [1.29, 1.82) is 0 Å². The third-order valence-electron chi connectivity index (χ3n) is 2.60. The fourth-order valence-electron chi connectivity index (χ4n) is 1.66. The van der Waals surface area contributed by atoms with Crippen LogP contribution < -0.4 is 9.47 Å². The topological polar surface area (TPSA) is 76.0 Å². The monoisotopic (exact) mass is 240 g/mol. The third kappa shape index (κ3) is 2.68. The van der Waals surface area contributed by atoms with Crippen molar-refractivity contribution in [1.82, 2.24) is 0 Å². The van der Waals surface area contributed by atoms with Crippen LogP contribution in [0, 0.1) is 6.92 Å². The largest absolute Gasteiger partial charge is 0.496 e. The Bertz CT molecular complexity index is 414. The number of hydrogen-bond acceptors (Lipinski definition) is 4. The van der Waals surface area contributed by atoms with Gasteiger partial charge in [0, 0.05) is 5.56 Å². The molecule has 0 saturated carbocycles. The van der Waals surface area contributed by atoms with Crippen molar-refractivity contribution in [2.45, 2.75) is 12.8 Å². The van der Waals surface area contributed by atoms with E-state index in [1.807, 2.05) is 6.92 Å². The normalized spacial score (nSPS) is 12.0. The van der Waals surface area contributed by atoms with Crippen molar-refractivity contribution >= 4 is 5.97 Å². The van der Waals surface area contributed by atoms with Crippen LogP contribution in [0.5, 0.6) is 11.5 Å². The van der Waals surface area contributed by atoms with Crippen molar-refractivity contribution in [2.75, 3.05) is 20.8 Å². The Kier molecular flexibility index (Phi) is 4.34. The molecule has 5 heteroatoms. The SMILES string of the molecule is COc1cc(C(CO)C(=O)O)c(OC)cc1C. The van der Waals surface area contributed by atoms with Crippen LogP contribution >= 0.6 is 0 Å². The van der Waals surface area contributed by atoms with Crippen LogP contribution in [0.3, 0.4) is 0 Å². The van der Waals surface area contributed by atoms with Crippen molar-refractivity contribution in [3.63, 3.8) is 0 Å². The second-order valence-corrected chi connectivity index (χ2v) is 3.64. The number of hydrogen-bond donors (Lipinski definition) is 2. The predicted molar refractivity (Wildman–Crippen MR) is 61.7 cm³/mol. The molecule has 17 heavy (non-hydrogen) atoms. The first-order chi connectivity index (χ1) is 8.04. The molecule has 0 aromatic heterocycles. The second-order valence-electron chi connectivity index (χ2n) is 3.64. The van der Waals surface area contributed by atoms with Gasteiger partial charge in [-0.1, -0.05) is 0 Å². The maximum atomic E-state index is 11.0. The molecule has 0 heterocycles. The lowest BCUT2D eigenvalue weighted by Gasteiger charge is -2.16. The van der Waals surface area contributed by atoms with E-state index in [1.54, 1.807) is 12.1 Å². The van der Waals surface area contributed by atoms with E-state index < -0.39 is 18.5 Å². The first-order valence-corrected chi connectivity index (χ1v) is 5.11. The Morgan fingerprint density at radius 3 is 2.29 bits per heavy atom. The van der Waals surface area contributed by atoms with Crippen LogP contribution in [-0.2, 0) is 4.79 Å². The number of carboxylic acids is 1. The van der Waals surface area contributed by atoms with E-state index in [4.69, 9.17) is 19.7 Å². The van der Waals surface area contributed by atoms with E-state index in [9.17, 15) is 4.79 Å². The molecule has 0 amide bonds. The van der Waals surface area contributed by atoms with Crippen LogP contribution in [0.1, 0.15) is 17.0 Å². The molecular formula is C12H16O5. The van der Waals surface area contributed by atoms with Gasteiger partial charge >= 0.3 is 5.97 Å². The van der Waals surface area contributed by atoms with Crippen LogP contribution in [0.15, 0.2) is 12.1 Å². The van der Waals surface area contributed by atoms with Gasteiger partial charge in [-0.3, -0.25) is 4.79 Å². The summed E-state index contributed by atoms with van der Waals surface area (Å²) >= 11 is 0. The first-order valence-electron chi connectivity index (χ1n) is 5.11. The van der Waals surface area contributed by atoms with Crippen molar-refractivity contribution in [3.8, 4) is 11.5 Å². The predicted octanol–water partition coefficient (Wildman–Crippen LogP) is 1.17. The lowest BCUT2D eigenvalue weighted by atomic mass is 9.97. The molecule has 1 atom stereocenters. The van der Waals surface area contributed by atoms with Gasteiger partial charge in [-0.25, -0.2) is 0 Å². The zero-order chi connectivity index (χ0) is 13.0. The van der Waals surface area contributed by atoms with E-state index in [2.05, 4.69) is 0 Å². The fourth-order valence-corrected chi connectivity index (χ4v) is 1.66. The Balaban J connectivity index is 3.33. The van der Waals surface area contributed by atoms with Gasteiger partial charge in [0.05, 0.1) is 20.8 Å². The zero-order valence-corrected chi connectivity index (χ0v) is 10.1. The van der Waals surface area contributed by atoms with Crippen LogP contribution in [0.25, 0.3) is 0 Å². The third-order valence-corrected chi connectivity index (χ3v) is 2.60. The zero-order valence-electron chi connectivity index (χ0n) is 10.1. The van der Waals surface area contributed by atoms with Crippen molar-refractivity contribution in [3.05, 3.63) is 23.3 Å². The molecule has 0 spiro atoms. The Morgan fingerprint density at radius 2 is 1.88 bits per heavy atom. The lowest BCUT2D eigenvalue weighted by molar-refractivity contribution is -0.139. The van der Waals surface area contributed by atoms with E-state index in [-0.39, 0.29) is 0 Å². The summed E-state index contributed by atoms with van der Waals surface area (Å²) in [5, 5.41) is 18.1. The summed E-state index contributed by atoms with van der Waals surface area (Å²) in [7, 11) is 2.97. The highest BCUT2D eigenvalue weighted by Gasteiger charge is 2.24. The summed E-state index contributed by atoms with van der Waals surface area (Å²) in [6.07, 6.45) is 0. The number of rotatable bonds is 5. The molecule has 0 aliphatic rings. The molecule has 1 aromatic rings. The van der Waals surface area contributed by atoms with Gasteiger partial charge in [0.15, 0.2) is 0 Å². The first kappa shape index (κ1) is 13.3. The number of carboxylic acid groups (broad SMARTS) is 1. The number of aryl methyl sites for hydroxylation is 1. The average molecular weight is 240 g/mol. The van der Waals surface area contributed by atoms with E-state index >= 15 is 0 Å². The molecule has 5 nitrogen and oxygen atoms in total. The van der Waals surface area contributed by atoms with Gasteiger partial charge < -0.3 is 19.7 Å². The van der Waals surface area contributed by atoms with Gasteiger partial charge in [0.25, 0.3) is 0 Å². The second kappa shape index (κ2) is 5.54. The summed E-state index contributed by atoms with van der Waals surface area (Å²) in [6.45, 7) is 1.35. The van der Waals surface area contributed by atoms with Crippen LogP contribution in [0.4, 0.5) is 0 Å². The van der Waals surface area contributed by atoms with Gasteiger partial charge in [-0.05, 0) is 24.6 Å². The van der Waals surface area contributed by atoms with Crippen LogP contribution in [-0.4, -0.2) is 37.0 Å². The summed E-state index contributed by atoms with van der Waals surface area (Å²) in [6, 6.07) is 3.28. The number of ether oxygens (including phenoxy) is 2. The number of aliphatic hydroxyl groups is 1. The molecule has 1 unspecified atom stereocenters. The van der Waals surface area contributed by atoms with Gasteiger partial charge in [-0.2, -0.15) is 0 Å². The van der Waals surface area contributed by atoms with Gasteiger partial charge in [0.2, 0.25) is 0 Å². The minimum absolute atomic E-state index is 0.407. The average Bonchev–Trinajstić information content (AvgIpc) is 2.30. The maximum Gasteiger partial charge on any atom is 0.313 e. The molecule has 1 rings (SSSR count). The minimum atomic E-state index is -1.10. The molecule has 0 bridgehead atoms. The summed E-state index contributed by atoms with van der Waals surface area (Å²) < 4.78 is 10.3. The molecule has 94 valence electrons. The standard InChI is InChI=1S/C12H16O5/c1-7-4-11(17-3)8(5-10(7)16-2)9(6-13)12(14)15/h4-5,9,13H,6H2,1-3H3,(H,14,15). The quantitative estimate of drug-likeness (QED) is 0.808. The van der Waals surface area contributed by atoms with Crippen molar-refractivity contribution in [2.24, 2.45) is 0 Å². The van der Waals surface area contributed by atoms with E-state index in [0.717, 1.165) is 5.56 Å². The molecule has 0 fully saturated rings. The van der Waals surface area contributed by atoms with Crippen LogP contribution in [0.2, 0.25) is 0 Å². The van der Waals surface area contributed by atoms with E-state index in [0.29, 0.717) is 17.1 Å². The molecule has 0 saturated heterocycles. The van der Waals surface area contributed by atoms with E-state index in [1.165, 1.54) is 14.2 Å². The Labute approximate surface area is 99.6 Å². The maximum absolute atomic E-state index is 11.0. The highest BCUT2D eigenvalue weighted by atomic mass is 16.5. The smallest absolute Gasteiger partial charge is 0.313 e. The highest BCUT2D eigenvalue weighted by molar-refractivity contribution is 5.77. The Hall–Kier alpha value is -1.75. The van der Waals surface area contributed by atoms with Crippen molar-refractivity contribution < 1.29 is 24.5 Å². The summed E-state index contributed by atoms with van der Waals surface area (Å²) in [4.78, 5) is 11.0. The number of methoxy groups -OCH3 is 2. The molecular weight excluding hydrogens is 224 g/mol. The summed E-state index contributed by atoms with van der Waals surface area (Å²) in [5.41, 5.74) is 1.25. The number of aliphatic hydroxyl groups excluding tert-OH is 1. The number of benzene rings is 1. The van der Waals surface area contributed by atoms with Gasteiger partial charge in [0.1, 0.15) is 17.4 Å². The Morgan fingerprint density at radius 1 is 1.29 bits per heavy atom. The molecule has 0 radical (unpaired) electrons. The summed E-state index contributed by atoms with van der Waals surface area (Å²) in [5.74, 6) is -1.11. The molecule has 1 aromatic carbocycles. The molecule has 2 N–H and O–H groups in total. The molecule has 0 aliphatic carbocycles. The van der Waals surface area contributed by atoms with Gasteiger partial charge in [-0.15, -0.1) is 0 Å². The fraction of sp³-hybridized carbons (Fsp3) is 0.417. The lowest BCUT2D eigenvalue weighted by Crippen LogP contribution is -2.16.